The molecule has 0 N–H and O–H groups in total. The maximum Gasteiger partial charge on any atom is 0.134 e. The molecule has 2 rings (SSSR count). The fraction of sp³-hybridized carbons (Fsp3) is 0.214. The molecule has 2 aromatic rings. The van der Waals surface area contributed by atoms with Gasteiger partial charge in [0.2, 0.25) is 0 Å². The Morgan fingerprint density at radius 2 is 2.06 bits per heavy atom. The molecule has 1 aromatic heterocycles. The summed E-state index contributed by atoms with van der Waals surface area (Å²) in [7, 11) is 0. The molecule has 88 valence electrons. The largest absolute Gasteiger partial charge is 0.486 e. The minimum Gasteiger partial charge on any atom is -0.486 e. The summed E-state index contributed by atoms with van der Waals surface area (Å²) >= 11 is 3.49. The van der Waals surface area contributed by atoms with E-state index in [1.807, 2.05) is 37.3 Å². The zero-order chi connectivity index (χ0) is 12.3. The van der Waals surface area contributed by atoms with Crippen LogP contribution in [0.4, 0.5) is 0 Å². The quantitative estimate of drug-likeness (QED) is 0.851. The van der Waals surface area contributed by atoms with Crippen molar-refractivity contribution in [2.45, 2.75) is 20.5 Å². The highest BCUT2D eigenvalue weighted by molar-refractivity contribution is 9.10. The van der Waals surface area contributed by atoms with Crippen molar-refractivity contribution in [1.82, 2.24) is 4.98 Å². The van der Waals surface area contributed by atoms with Crippen molar-refractivity contribution in [3.8, 4) is 5.75 Å². The minimum absolute atomic E-state index is 0.494. The molecule has 0 saturated heterocycles. The standard InChI is InChI=1S/C14H14BrNO/c1-10-5-6-14(12(15)8-10)17-9-13-11(2)4-3-7-16-13/h3-8H,9H2,1-2H3. The van der Waals surface area contributed by atoms with Crippen LogP contribution >= 0.6 is 15.9 Å². The molecule has 0 fully saturated rings. The van der Waals surface area contributed by atoms with Gasteiger partial charge in [0.25, 0.3) is 0 Å². The van der Waals surface area contributed by atoms with E-state index < -0.39 is 0 Å². The van der Waals surface area contributed by atoms with E-state index >= 15 is 0 Å². The van der Waals surface area contributed by atoms with Gasteiger partial charge in [-0.1, -0.05) is 12.1 Å². The van der Waals surface area contributed by atoms with Gasteiger partial charge in [0, 0.05) is 6.20 Å². The molecule has 0 amide bonds. The first-order valence-corrected chi connectivity index (χ1v) is 6.25. The minimum atomic E-state index is 0.494. The topological polar surface area (TPSA) is 22.1 Å². The van der Waals surface area contributed by atoms with Crippen LogP contribution < -0.4 is 4.74 Å². The number of pyridine rings is 1. The summed E-state index contributed by atoms with van der Waals surface area (Å²) in [5.41, 5.74) is 3.33. The van der Waals surface area contributed by atoms with Gasteiger partial charge < -0.3 is 4.74 Å². The van der Waals surface area contributed by atoms with E-state index in [9.17, 15) is 0 Å². The van der Waals surface area contributed by atoms with E-state index in [1.165, 1.54) is 5.56 Å². The Morgan fingerprint density at radius 3 is 2.76 bits per heavy atom. The van der Waals surface area contributed by atoms with Gasteiger partial charge in [-0.3, -0.25) is 4.98 Å². The fourth-order valence-electron chi connectivity index (χ4n) is 1.54. The number of ether oxygens (including phenoxy) is 1. The smallest absolute Gasteiger partial charge is 0.134 e. The van der Waals surface area contributed by atoms with Gasteiger partial charge in [-0.05, 0) is 59.1 Å². The third-order valence-corrected chi connectivity index (χ3v) is 3.19. The van der Waals surface area contributed by atoms with E-state index in [-0.39, 0.29) is 0 Å². The third kappa shape index (κ3) is 3.07. The first-order valence-electron chi connectivity index (χ1n) is 5.46. The lowest BCUT2D eigenvalue weighted by Crippen LogP contribution is -2.00. The molecule has 1 aromatic carbocycles. The monoisotopic (exact) mass is 291 g/mol. The summed E-state index contributed by atoms with van der Waals surface area (Å²) in [5.74, 6) is 0.848. The number of hydrogen-bond acceptors (Lipinski definition) is 2. The van der Waals surface area contributed by atoms with E-state index in [4.69, 9.17) is 4.74 Å². The maximum absolute atomic E-state index is 5.75. The van der Waals surface area contributed by atoms with Crippen molar-refractivity contribution in [3.63, 3.8) is 0 Å². The van der Waals surface area contributed by atoms with E-state index in [1.54, 1.807) is 6.20 Å². The van der Waals surface area contributed by atoms with Gasteiger partial charge in [0.15, 0.2) is 0 Å². The highest BCUT2D eigenvalue weighted by Crippen LogP contribution is 2.26. The maximum atomic E-state index is 5.75. The SMILES string of the molecule is Cc1ccc(OCc2ncccc2C)c(Br)c1. The lowest BCUT2D eigenvalue weighted by Gasteiger charge is -2.09. The first-order chi connectivity index (χ1) is 8.16. The van der Waals surface area contributed by atoms with Crippen molar-refractivity contribution < 1.29 is 4.74 Å². The molecule has 17 heavy (non-hydrogen) atoms. The van der Waals surface area contributed by atoms with Crippen molar-refractivity contribution in [2.24, 2.45) is 0 Å². The van der Waals surface area contributed by atoms with Crippen molar-refractivity contribution in [3.05, 3.63) is 57.8 Å². The zero-order valence-corrected chi connectivity index (χ0v) is 11.5. The average molecular weight is 292 g/mol. The molecule has 0 spiro atoms. The lowest BCUT2D eigenvalue weighted by molar-refractivity contribution is 0.298. The average Bonchev–Trinajstić information content (AvgIpc) is 2.30. The Bertz CT molecular complexity index is 525. The summed E-state index contributed by atoms with van der Waals surface area (Å²) in [5, 5.41) is 0. The summed E-state index contributed by atoms with van der Waals surface area (Å²) in [6.07, 6.45) is 1.79. The molecular weight excluding hydrogens is 278 g/mol. The summed E-state index contributed by atoms with van der Waals surface area (Å²) in [6, 6.07) is 10.0. The second kappa shape index (κ2) is 5.32. The normalized spacial score (nSPS) is 10.3. The first kappa shape index (κ1) is 12.1. The zero-order valence-electron chi connectivity index (χ0n) is 9.90. The molecule has 0 aliphatic carbocycles. The summed E-state index contributed by atoms with van der Waals surface area (Å²) in [4.78, 5) is 4.30. The number of nitrogens with zero attached hydrogens (tertiary/aromatic N) is 1. The summed E-state index contributed by atoms with van der Waals surface area (Å²) < 4.78 is 6.73. The lowest BCUT2D eigenvalue weighted by atomic mass is 10.2. The van der Waals surface area contributed by atoms with E-state index in [2.05, 4.69) is 27.8 Å². The molecule has 0 unspecified atom stereocenters. The molecule has 0 aliphatic rings. The number of hydrogen-bond donors (Lipinski definition) is 0. The van der Waals surface area contributed by atoms with Crippen molar-refractivity contribution in [2.75, 3.05) is 0 Å². The van der Waals surface area contributed by atoms with Crippen LogP contribution in [0.5, 0.6) is 5.75 Å². The van der Waals surface area contributed by atoms with Gasteiger partial charge >= 0.3 is 0 Å². The summed E-state index contributed by atoms with van der Waals surface area (Å²) in [6.45, 7) is 4.58. The third-order valence-electron chi connectivity index (χ3n) is 2.57. The number of aryl methyl sites for hydroxylation is 2. The highest BCUT2D eigenvalue weighted by atomic mass is 79.9. The highest BCUT2D eigenvalue weighted by Gasteiger charge is 2.03. The molecule has 0 aliphatic heterocycles. The molecule has 3 heteroatoms. The number of halogens is 1. The Labute approximate surface area is 110 Å². The second-order valence-electron chi connectivity index (χ2n) is 3.99. The molecule has 0 saturated carbocycles. The van der Waals surface area contributed by atoms with Crippen molar-refractivity contribution >= 4 is 15.9 Å². The Morgan fingerprint density at radius 1 is 1.24 bits per heavy atom. The molecule has 2 nitrogen and oxygen atoms in total. The van der Waals surface area contributed by atoms with E-state index in [0.29, 0.717) is 6.61 Å². The van der Waals surface area contributed by atoms with Crippen LogP contribution in [-0.4, -0.2) is 4.98 Å². The van der Waals surface area contributed by atoms with Gasteiger partial charge in [-0.25, -0.2) is 0 Å². The van der Waals surface area contributed by atoms with Gasteiger partial charge in [-0.2, -0.15) is 0 Å². The van der Waals surface area contributed by atoms with Crippen LogP contribution in [0.3, 0.4) is 0 Å². The number of rotatable bonds is 3. The second-order valence-corrected chi connectivity index (χ2v) is 4.84. The molecular formula is C14H14BrNO. The Kier molecular flexibility index (Phi) is 3.79. The van der Waals surface area contributed by atoms with Crippen molar-refractivity contribution in [1.29, 1.82) is 0 Å². The number of benzene rings is 1. The van der Waals surface area contributed by atoms with Gasteiger partial charge in [-0.15, -0.1) is 0 Å². The van der Waals surface area contributed by atoms with Crippen LogP contribution in [0.1, 0.15) is 16.8 Å². The van der Waals surface area contributed by atoms with Crippen LogP contribution in [-0.2, 0) is 6.61 Å². The van der Waals surface area contributed by atoms with Crippen LogP contribution in [0.2, 0.25) is 0 Å². The number of aromatic nitrogens is 1. The van der Waals surface area contributed by atoms with Crippen LogP contribution in [0, 0.1) is 13.8 Å². The Balaban J connectivity index is 2.10. The van der Waals surface area contributed by atoms with Crippen LogP contribution in [0.15, 0.2) is 41.0 Å². The fourth-order valence-corrected chi connectivity index (χ4v) is 2.15. The molecule has 1 heterocycles. The predicted molar refractivity (Wildman–Crippen MR) is 72.2 cm³/mol. The van der Waals surface area contributed by atoms with Gasteiger partial charge in [0.05, 0.1) is 10.2 Å². The predicted octanol–water partition coefficient (Wildman–Crippen LogP) is 4.04. The van der Waals surface area contributed by atoms with Crippen LogP contribution in [0.25, 0.3) is 0 Å². The molecule has 0 bridgehead atoms. The van der Waals surface area contributed by atoms with E-state index in [0.717, 1.165) is 21.5 Å². The Hall–Kier alpha value is -1.35. The van der Waals surface area contributed by atoms with Gasteiger partial charge in [0.1, 0.15) is 12.4 Å². The molecule has 0 radical (unpaired) electrons. The molecule has 0 atom stereocenters.